The SMILES string of the molecule is Cc1ccc(Br)c(C(=O)N(C)C2CCCC2)c1. The number of carbonyl (C=O) groups excluding carboxylic acids is 1. The molecule has 0 aliphatic heterocycles. The predicted molar refractivity (Wildman–Crippen MR) is 73.2 cm³/mol. The van der Waals surface area contributed by atoms with Crippen LogP contribution in [0.2, 0.25) is 0 Å². The lowest BCUT2D eigenvalue weighted by molar-refractivity contribution is 0.0734. The summed E-state index contributed by atoms with van der Waals surface area (Å²) in [6.07, 6.45) is 4.78. The normalized spacial score (nSPS) is 16.2. The highest BCUT2D eigenvalue weighted by molar-refractivity contribution is 9.10. The first-order valence-corrected chi connectivity index (χ1v) is 6.92. The fourth-order valence-corrected chi connectivity index (χ4v) is 2.87. The molecule has 0 N–H and O–H groups in total. The first kappa shape index (κ1) is 12.6. The molecule has 1 aromatic rings. The summed E-state index contributed by atoms with van der Waals surface area (Å²) in [6, 6.07) is 6.34. The van der Waals surface area contributed by atoms with Gasteiger partial charge in [-0.3, -0.25) is 4.79 Å². The Kier molecular flexibility index (Phi) is 3.87. The summed E-state index contributed by atoms with van der Waals surface area (Å²) in [5, 5.41) is 0. The molecule has 0 unspecified atom stereocenters. The summed E-state index contributed by atoms with van der Waals surface area (Å²) in [5.41, 5.74) is 1.90. The molecule has 2 rings (SSSR count). The van der Waals surface area contributed by atoms with Crippen LogP contribution in [-0.4, -0.2) is 23.9 Å². The van der Waals surface area contributed by atoms with Crippen molar-refractivity contribution in [3.63, 3.8) is 0 Å². The van der Waals surface area contributed by atoms with E-state index in [4.69, 9.17) is 0 Å². The van der Waals surface area contributed by atoms with E-state index in [1.165, 1.54) is 12.8 Å². The number of benzene rings is 1. The van der Waals surface area contributed by atoms with Gasteiger partial charge in [0.25, 0.3) is 5.91 Å². The van der Waals surface area contributed by atoms with Gasteiger partial charge in [0.2, 0.25) is 0 Å². The molecule has 0 aromatic heterocycles. The molecule has 1 amide bonds. The van der Waals surface area contributed by atoms with Crippen molar-refractivity contribution in [2.75, 3.05) is 7.05 Å². The number of rotatable bonds is 2. The van der Waals surface area contributed by atoms with Gasteiger partial charge in [-0.15, -0.1) is 0 Å². The second kappa shape index (κ2) is 5.21. The van der Waals surface area contributed by atoms with E-state index >= 15 is 0 Å². The molecular weight excluding hydrogens is 278 g/mol. The van der Waals surface area contributed by atoms with E-state index in [0.29, 0.717) is 6.04 Å². The Morgan fingerprint density at radius 1 is 1.35 bits per heavy atom. The van der Waals surface area contributed by atoms with Gasteiger partial charge >= 0.3 is 0 Å². The van der Waals surface area contributed by atoms with E-state index in [9.17, 15) is 4.79 Å². The summed E-state index contributed by atoms with van der Waals surface area (Å²) in [6.45, 7) is 2.01. The van der Waals surface area contributed by atoms with Crippen LogP contribution in [0, 0.1) is 6.92 Å². The van der Waals surface area contributed by atoms with E-state index in [-0.39, 0.29) is 5.91 Å². The fourth-order valence-electron chi connectivity index (χ4n) is 2.45. The molecule has 17 heavy (non-hydrogen) atoms. The second-order valence-electron chi connectivity index (χ2n) is 4.84. The molecule has 1 aliphatic carbocycles. The number of carbonyl (C=O) groups is 1. The van der Waals surface area contributed by atoms with Crippen molar-refractivity contribution in [1.82, 2.24) is 4.90 Å². The topological polar surface area (TPSA) is 20.3 Å². The number of amides is 1. The van der Waals surface area contributed by atoms with Crippen molar-refractivity contribution in [2.45, 2.75) is 38.6 Å². The minimum Gasteiger partial charge on any atom is -0.339 e. The molecule has 1 aliphatic rings. The Hall–Kier alpha value is -0.830. The maximum atomic E-state index is 12.4. The lowest BCUT2D eigenvalue weighted by atomic mass is 10.1. The fraction of sp³-hybridized carbons (Fsp3) is 0.500. The molecule has 1 saturated carbocycles. The Morgan fingerprint density at radius 3 is 2.65 bits per heavy atom. The summed E-state index contributed by atoms with van der Waals surface area (Å²) < 4.78 is 0.887. The molecule has 92 valence electrons. The number of hydrogen-bond donors (Lipinski definition) is 0. The zero-order valence-corrected chi connectivity index (χ0v) is 12.0. The van der Waals surface area contributed by atoms with E-state index < -0.39 is 0 Å². The third kappa shape index (κ3) is 2.71. The zero-order chi connectivity index (χ0) is 12.4. The minimum atomic E-state index is 0.132. The van der Waals surface area contributed by atoms with Crippen LogP contribution in [0.5, 0.6) is 0 Å². The molecule has 3 heteroatoms. The third-order valence-corrected chi connectivity index (χ3v) is 4.24. The summed E-state index contributed by atoms with van der Waals surface area (Å²) in [7, 11) is 1.92. The minimum absolute atomic E-state index is 0.132. The van der Waals surface area contributed by atoms with E-state index in [1.807, 2.05) is 37.1 Å². The second-order valence-corrected chi connectivity index (χ2v) is 5.69. The molecular formula is C14H18BrNO. The number of halogens is 1. The van der Waals surface area contributed by atoms with Gasteiger partial charge in [-0.1, -0.05) is 24.5 Å². The highest BCUT2D eigenvalue weighted by Crippen LogP contribution is 2.26. The van der Waals surface area contributed by atoms with Crippen molar-refractivity contribution in [3.05, 3.63) is 33.8 Å². The van der Waals surface area contributed by atoms with Crippen LogP contribution < -0.4 is 0 Å². The number of hydrogen-bond acceptors (Lipinski definition) is 1. The monoisotopic (exact) mass is 295 g/mol. The van der Waals surface area contributed by atoms with Gasteiger partial charge in [0.1, 0.15) is 0 Å². The average molecular weight is 296 g/mol. The Labute approximate surface area is 111 Å². The van der Waals surface area contributed by atoms with Crippen LogP contribution in [0.1, 0.15) is 41.6 Å². The highest BCUT2D eigenvalue weighted by atomic mass is 79.9. The quantitative estimate of drug-likeness (QED) is 0.813. The maximum Gasteiger partial charge on any atom is 0.254 e. The molecule has 1 fully saturated rings. The molecule has 0 radical (unpaired) electrons. The molecule has 0 bridgehead atoms. The van der Waals surface area contributed by atoms with E-state index in [2.05, 4.69) is 15.9 Å². The van der Waals surface area contributed by atoms with Crippen LogP contribution in [-0.2, 0) is 0 Å². The van der Waals surface area contributed by atoms with Gasteiger partial charge in [-0.05, 0) is 47.8 Å². The van der Waals surface area contributed by atoms with Gasteiger partial charge in [0.15, 0.2) is 0 Å². The van der Waals surface area contributed by atoms with Crippen LogP contribution >= 0.6 is 15.9 Å². The Bertz CT molecular complexity index is 424. The average Bonchev–Trinajstić information content (AvgIpc) is 2.84. The maximum absolute atomic E-state index is 12.4. The van der Waals surface area contributed by atoms with Crippen molar-refractivity contribution < 1.29 is 4.79 Å². The molecule has 0 heterocycles. The summed E-state index contributed by atoms with van der Waals surface area (Å²) in [4.78, 5) is 14.3. The number of aryl methyl sites for hydroxylation is 1. The standard InChI is InChI=1S/C14H18BrNO/c1-10-7-8-13(15)12(9-10)14(17)16(2)11-5-3-4-6-11/h7-9,11H,3-6H2,1-2H3. The van der Waals surface area contributed by atoms with Crippen LogP contribution in [0.3, 0.4) is 0 Å². The van der Waals surface area contributed by atoms with Gasteiger partial charge in [0, 0.05) is 17.6 Å². The largest absolute Gasteiger partial charge is 0.339 e. The van der Waals surface area contributed by atoms with Crippen molar-refractivity contribution >= 4 is 21.8 Å². The first-order valence-electron chi connectivity index (χ1n) is 6.13. The van der Waals surface area contributed by atoms with Gasteiger partial charge in [-0.2, -0.15) is 0 Å². The lowest BCUT2D eigenvalue weighted by Gasteiger charge is -2.25. The van der Waals surface area contributed by atoms with Crippen molar-refractivity contribution in [3.8, 4) is 0 Å². The van der Waals surface area contributed by atoms with Crippen molar-refractivity contribution in [1.29, 1.82) is 0 Å². The van der Waals surface area contributed by atoms with Crippen LogP contribution in [0.4, 0.5) is 0 Å². The molecule has 1 aromatic carbocycles. The molecule has 2 nitrogen and oxygen atoms in total. The molecule has 0 saturated heterocycles. The number of nitrogens with zero attached hydrogens (tertiary/aromatic N) is 1. The summed E-state index contributed by atoms with van der Waals surface area (Å²) in [5.74, 6) is 0.132. The predicted octanol–water partition coefficient (Wildman–Crippen LogP) is 3.77. The van der Waals surface area contributed by atoms with Crippen LogP contribution in [0.15, 0.2) is 22.7 Å². The lowest BCUT2D eigenvalue weighted by Crippen LogP contribution is -2.35. The smallest absolute Gasteiger partial charge is 0.254 e. The zero-order valence-electron chi connectivity index (χ0n) is 10.4. The summed E-state index contributed by atoms with van der Waals surface area (Å²) >= 11 is 3.46. The Balaban J connectivity index is 2.20. The van der Waals surface area contributed by atoms with Gasteiger partial charge in [-0.25, -0.2) is 0 Å². The highest BCUT2D eigenvalue weighted by Gasteiger charge is 2.25. The van der Waals surface area contributed by atoms with E-state index in [0.717, 1.165) is 28.4 Å². The van der Waals surface area contributed by atoms with Crippen molar-refractivity contribution in [2.24, 2.45) is 0 Å². The Morgan fingerprint density at radius 2 is 2.00 bits per heavy atom. The molecule has 0 spiro atoms. The first-order chi connectivity index (χ1) is 8.09. The van der Waals surface area contributed by atoms with E-state index in [1.54, 1.807) is 0 Å². The third-order valence-electron chi connectivity index (χ3n) is 3.55. The molecule has 0 atom stereocenters. The van der Waals surface area contributed by atoms with Crippen LogP contribution in [0.25, 0.3) is 0 Å². The van der Waals surface area contributed by atoms with Gasteiger partial charge < -0.3 is 4.90 Å². The van der Waals surface area contributed by atoms with Gasteiger partial charge in [0.05, 0.1) is 5.56 Å².